The van der Waals surface area contributed by atoms with Crippen molar-refractivity contribution in [3.63, 3.8) is 0 Å². The molecule has 0 aliphatic carbocycles. The summed E-state index contributed by atoms with van der Waals surface area (Å²) in [4.78, 5) is 5.24. The fourth-order valence-corrected chi connectivity index (χ4v) is 9.47. The van der Waals surface area contributed by atoms with Crippen molar-refractivity contribution in [2.45, 2.75) is 51.4 Å². The van der Waals surface area contributed by atoms with Gasteiger partial charge in [0.05, 0.1) is 0 Å². The highest BCUT2D eigenvalue weighted by Crippen LogP contribution is 2.61. The Morgan fingerprint density at radius 3 is 1.45 bits per heavy atom. The maximum absolute atomic E-state index is 7.01. The Kier molecular flexibility index (Phi) is 4.16. The minimum atomic E-state index is 0.977. The van der Waals surface area contributed by atoms with Crippen LogP contribution in [0, 0.1) is 0 Å². The van der Waals surface area contributed by atoms with Gasteiger partial charge in [0.2, 0.25) is 0 Å². The first-order chi connectivity index (χ1) is 20.8. The van der Waals surface area contributed by atoms with Gasteiger partial charge in [-0.25, -0.2) is 0 Å². The van der Waals surface area contributed by atoms with Crippen LogP contribution in [0.1, 0.15) is 47.9 Å². The molecule has 0 saturated carbocycles. The normalized spacial score (nSPS) is 18.6. The SMILES string of the molecule is c1ccc2c3c4c(ccc5c4c(c2c1)-c1cc2c4c(c1O5)CCCN4CCC2)Oc1c-3cc2c3c1CCCN3CCC2. The number of ether oxygens (including phenoxy) is 2. The van der Waals surface area contributed by atoms with Crippen molar-refractivity contribution >= 4 is 32.9 Å². The molecule has 6 heterocycles. The van der Waals surface area contributed by atoms with E-state index in [1.165, 1.54) is 129 Å². The molecule has 0 atom stereocenters. The number of hydrogen-bond acceptors (Lipinski definition) is 4. The van der Waals surface area contributed by atoms with Crippen LogP contribution in [0.2, 0.25) is 0 Å². The Morgan fingerprint density at radius 2 is 0.976 bits per heavy atom. The number of nitrogens with zero attached hydrogens (tertiary/aromatic N) is 2. The summed E-state index contributed by atoms with van der Waals surface area (Å²) in [5.74, 6) is 4.14. The predicted octanol–water partition coefficient (Wildman–Crippen LogP) is 8.94. The first kappa shape index (κ1) is 22.4. The van der Waals surface area contributed by atoms with Gasteiger partial charge in [-0.2, -0.15) is 0 Å². The highest BCUT2D eigenvalue weighted by molar-refractivity contribution is 6.27. The first-order valence-corrected chi connectivity index (χ1v) is 16.1. The van der Waals surface area contributed by atoms with Crippen molar-refractivity contribution in [3.8, 4) is 45.3 Å². The molecule has 6 aliphatic rings. The fraction of sp³-hybridized carbons (Fsp3) is 0.316. The number of anilines is 2. The molecule has 0 amide bonds. The smallest absolute Gasteiger partial charge is 0.140 e. The Hall–Kier alpha value is -4.18. The van der Waals surface area contributed by atoms with Gasteiger partial charge in [0, 0.05) is 81.7 Å². The lowest BCUT2D eigenvalue weighted by Crippen LogP contribution is -2.35. The van der Waals surface area contributed by atoms with E-state index in [2.05, 4.69) is 58.3 Å². The number of aryl methyl sites for hydroxylation is 2. The molecule has 0 spiro atoms. The van der Waals surface area contributed by atoms with Gasteiger partial charge in [0.1, 0.15) is 23.0 Å². The highest BCUT2D eigenvalue weighted by atomic mass is 16.5. The number of rotatable bonds is 0. The van der Waals surface area contributed by atoms with Crippen LogP contribution in [-0.2, 0) is 25.7 Å². The molecule has 0 unspecified atom stereocenters. The van der Waals surface area contributed by atoms with Crippen LogP contribution in [0.4, 0.5) is 11.4 Å². The van der Waals surface area contributed by atoms with Gasteiger partial charge in [-0.1, -0.05) is 24.3 Å². The summed E-state index contributed by atoms with van der Waals surface area (Å²) in [7, 11) is 0. The summed E-state index contributed by atoms with van der Waals surface area (Å²) in [6.07, 6.45) is 9.35. The average Bonchev–Trinajstić information content (AvgIpc) is 3.04. The Morgan fingerprint density at radius 1 is 0.524 bits per heavy atom. The van der Waals surface area contributed by atoms with Crippen molar-refractivity contribution in [2.24, 2.45) is 0 Å². The van der Waals surface area contributed by atoms with Crippen LogP contribution >= 0.6 is 0 Å². The second-order valence-corrected chi connectivity index (χ2v) is 13.2. The van der Waals surface area contributed by atoms with Crippen LogP contribution < -0.4 is 19.3 Å². The molecule has 0 aromatic heterocycles. The molecule has 11 rings (SSSR count). The summed E-state index contributed by atoms with van der Waals surface area (Å²) in [6.45, 7) is 4.67. The lowest BCUT2D eigenvalue weighted by Gasteiger charge is -2.40. The summed E-state index contributed by atoms with van der Waals surface area (Å²) in [5, 5.41) is 5.12. The topological polar surface area (TPSA) is 24.9 Å². The molecule has 0 bridgehead atoms. The van der Waals surface area contributed by atoms with E-state index in [1.807, 2.05) is 0 Å². The largest absolute Gasteiger partial charge is 0.456 e. The van der Waals surface area contributed by atoms with Gasteiger partial charge in [0.25, 0.3) is 0 Å². The van der Waals surface area contributed by atoms with E-state index in [0.717, 1.165) is 48.7 Å². The third-order valence-electron chi connectivity index (χ3n) is 11.0. The second kappa shape index (κ2) is 7.80. The van der Waals surface area contributed by atoms with Crippen molar-refractivity contribution in [1.29, 1.82) is 0 Å². The van der Waals surface area contributed by atoms with Gasteiger partial charge < -0.3 is 19.3 Å². The van der Waals surface area contributed by atoms with Gasteiger partial charge in [0.15, 0.2) is 0 Å². The van der Waals surface area contributed by atoms with Crippen LogP contribution in [0.3, 0.4) is 0 Å². The zero-order valence-corrected chi connectivity index (χ0v) is 23.8. The van der Waals surface area contributed by atoms with Gasteiger partial charge in [-0.3, -0.25) is 0 Å². The van der Waals surface area contributed by atoms with Crippen molar-refractivity contribution in [3.05, 3.63) is 70.8 Å². The van der Waals surface area contributed by atoms with E-state index in [0.29, 0.717) is 0 Å². The van der Waals surface area contributed by atoms with Gasteiger partial charge in [-0.15, -0.1) is 0 Å². The highest BCUT2D eigenvalue weighted by Gasteiger charge is 2.37. The zero-order valence-electron chi connectivity index (χ0n) is 23.8. The third kappa shape index (κ3) is 2.66. The van der Waals surface area contributed by atoms with Crippen molar-refractivity contribution in [1.82, 2.24) is 0 Å². The Labute approximate surface area is 245 Å². The molecule has 4 heteroatoms. The van der Waals surface area contributed by atoms with E-state index in [9.17, 15) is 0 Å². The monoisotopic (exact) mass is 548 g/mol. The molecule has 5 aromatic rings. The standard InChI is InChI=1S/C38H32N2O2/c1-2-10-24-23(9-1)31-27-19-21-7-3-15-39-17-5-11-25(35(21)39)37(27)41-29-13-14-30-34(33(29)31)32(24)28-20-22-8-4-16-40-18-6-12-26(36(22)40)38(28)42-30/h1-2,9-10,13-14,19-20H,3-8,11-12,15-18H2. The zero-order chi connectivity index (χ0) is 27.1. The third-order valence-corrected chi connectivity index (χ3v) is 11.0. The van der Waals surface area contributed by atoms with E-state index in [4.69, 9.17) is 9.47 Å². The molecule has 0 N–H and O–H groups in total. The summed E-state index contributed by atoms with van der Waals surface area (Å²) >= 11 is 0. The molecule has 0 radical (unpaired) electrons. The minimum Gasteiger partial charge on any atom is -0.456 e. The second-order valence-electron chi connectivity index (χ2n) is 13.2. The summed E-state index contributed by atoms with van der Waals surface area (Å²) < 4.78 is 14.0. The molecular formula is C38H32N2O2. The van der Waals surface area contributed by atoms with Gasteiger partial charge in [-0.05, 0) is 97.5 Å². The summed E-state index contributed by atoms with van der Waals surface area (Å²) in [6, 6.07) is 18.5. The van der Waals surface area contributed by atoms with Crippen molar-refractivity contribution in [2.75, 3.05) is 36.0 Å². The van der Waals surface area contributed by atoms with Crippen LogP contribution in [0.5, 0.6) is 23.0 Å². The van der Waals surface area contributed by atoms with Crippen LogP contribution in [-0.4, -0.2) is 26.2 Å². The molecule has 4 nitrogen and oxygen atoms in total. The Balaban J connectivity index is 1.28. The average molecular weight is 549 g/mol. The van der Waals surface area contributed by atoms with E-state index < -0.39 is 0 Å². The molecule has 0 fully saturated rings. The number of hydrogen-bond donors (Lipinski definition) is 0. The maximum Gasteiger partial charge on any atom is 0.140 e. The minimum absolute atomic E-state index is 0.977. The molecule has 0 saturated heterocycles. The predicted molar refractivity (Wildman–Crippen MR) is 170 cm³/mol. The number of benzene rings is 5. The first-order valence-electron chi connectivity index (χ1n) is 16.1. The fourth-order valence-electron chi connectivity index (χ4n) is 9.47. The quantitative estimate of drug-likeness (QED) is 0.177. The molecule has 206 valence electrons. The lowest BCUT2D eigenvalue weighted by molar-refractivity contribution is 0.464. The Bertz CT molecular complexity index is 1920. The van der Waals surface area contributed by atoms with Gasteiger partial charge >= 0.3 is 0 Å². The van der Waals surface area contributed by atoms with E-state index in [1.54, 1.807) is 0 Å². The molecule has 6 aliphatic heterocycles. The van der Waals surface area contributed by atoms with E-state index >= 15 is 0 Å². The molecule has 5 aromatic carbocycles. The molecule has 42 heavy (non-hydrogen) atoms. The van der Waals surface area contributed by atoms with Crippen LogP contribution in [0.15, 0.2) is 48.5 Å². The van der Waals surface area contributed by atoms with E-state index in [-0.39, 0.29) is 0 Å². The number of fused-ring (bicyclic) bond motifs is 9. The summed E-state index contributed by atoms with van der Waals surface area (Å²) in [5.41, 5.74) is 14.0. The van der Waals surface area contributed by atoms with Crippen LogP contribution in [0.25, 0.3) is 43.8 Å². The van der Waals surface area contributed by atoms with Crippen molar-refractivity contribution < 1.29 is 9.47 Å². The molecular weight excluding hydrogens is 516 g/mol. The maximum atomic E-state index is 7.01. The lowest BCUT2D eigenvalue weighted by atomic mass is 9.79.